The number of pyridine rings is 1. The molecule has 1 aliphatic rings. The lowest BCUT2D eigenvalue weighted by atomic mass is 10.0. The van der Waals surface area contributed by atoms with Crippen LogP contribution in [0.25, 0.3) is 6.08 Å². The van der Waals surface area contributed by atoms with E-state index < -0.39 is 5.82 Å². The molecule has 1 fully saturated rings. The Balaban J connectivity index is 1.25. The molecular weight excluding hydrogens is 433 g/mol. The number of carbonyl (C=O) groups is 1. The van der Waals surface area contributed by atoms with Gasteiger partial charge in [-0.15, -0.1) is 0 Å². The van der Waals surface area contributed by atoms with E-state index in [0.29, 0.717) is 11.3 Å². The molecule has 1 aliphatic heterocycles. The standard InChI is InChI=1S/C27H28FN3O3/c1-33-25-7-3-2-5-21(25)19-31-15-12-22(13-16-31)30-27(32)11-9-20-8-10-26(24(28)17-20)34-23-6-4-14-29-18-23/h2-11,14,17-18,22H,12-13,15-16,19H2,1H3,(H,30,32)/b11-9+. The van der Waals surface area contributed by atoms with Crippen molar-refractivity contribution in [3.63, 3.8) is 0 Å². The van der Waals surface area contributed by atoms with E-state index in [2.05, 4.69) is 21.3 Å². The van der Waals surface area contributed by atoms with Gasteiger partial charge in [0.25, 0.3) is 0 Å². The molecule has 0 atom stereocenters. The van der Waals surface area contributed by atoms with E-state index in [-0.39, 0.29) is 17.7 Å². The highest BCUT2D eigenvalue weighted by Crippen LogP contribution is 2.25. The van der Waals surface area contributed by atoms with Crippen molar-refractivity contribution in [2.24, 2.45) is 0 Å². The number of methoxy groups -OCH3 is 1. The number of hydrogen-bond acceptors (Lipinski definition) is 5. The van der Waals surface area contributed by atoms with Gasteiger partial charge in [0.1, 0.15) is 11.5 Å². The molecule has 7 heteroatoms. The predicted molar refractivity (Wildman–Crippen MR) is 129 cm³/mol. The zero-order chi connectivity index (χ0) is 23.8. The number of benzene rings is 2. The van der Waals surface area contributed by atoms with Gasteiger partial charge in [-0.1, -0.05) is 24.3 Å². The maximum atomic E-state index is 14.4. The fourth-order valence-electron chi connectivity index (χ4n) is 3.97. The van der Waals surface area contributed by atoms with Crippen LogP contribution in [0.5, 0.6) is 17.2 Å². The van der Waals surface area contributed by atoms with Crippen LogP contribution in [0.15, 0.2) is 73.1 Å². The van der Waals surface area contributed by atoms with Gasteiger partial charge in [-0.25, -0.2) is 4.39 Å². The van der Waals surface area contributed by atoms with Crippen LogP contribution >= 0.6 is 0 Å². The number of rotatable bonds is 8. The highest BCUT2D eigenvalue weighted by molar-refractivity contribution is 5.91. The first kappa shape index (κ1) is 23.4. The van der Waals surface area contributed by atoms with E-state index in [1.54, 1.807) is 37.6 Å². The molecule has 6 nitrogen and oxygen atoms in total. The van der Waals surface area contributed by atoms with Gasteiger partial charge in [0, 0.05) is 43.5 Å². The Hall–Kier alpha value is -3.71. The number of halogens is 1. The quantitative estimate of drug-likeness (QED) is 0.488. The Bertz CT molecular complexity index is 1130. The average Bonchev–Trinajstić information content (AvgIpc) is 2.86. The zero-order valence-corrected chi connectivity index (χ0v) is 19.1. The fraction of sp³-hybridized carbons (Fsp3) is 0.259. The van der Waals surface area contributed by atoms with Gasteiger partial charge in [0.15, 0.2) is 11.6 Å². The second-order valence-corrected chi connectivity index (χ2v) is 8.18. The molecule has 0 bridgehead atoms. The van der Waals surface area contributed by atoms with E-state index in [9.17, 15) is 9.18 Å². The SMILES string of the molecule is COc1ccccc1CN1CCC(NC(=O)/C=C/c2ccc(Oc3cccnc3)c(F)c2)CC1. The molecule has 0 unspecified atom stereocenters. The summed E-state index contributed by atoms with van der Waals surface area (Å²) in [5, 5.41) is 3.05. The van der Waals surface area contributed by atoms with E-state index in [4.69, 9.17) is 9.47 Å². The molecule has 4 rings (SSSR count). The Labute approximate surface area is 199 Å². The minimum Gasteiger partial charge on any atom is -0.496 e. The minimum absolute atomic E-state index is 0.106. The maximum absolute atomic E-state index is 14.4. The lowest BCUT2D eigenvalue weighted by Crippen LogP contribution is -2.43. The van der Waals surface area contributed by atoms with E-state index in [0.717, 1.165) is 38.2 Å². The molecule has 0 radical (unpaired) electrons. The summed E-state index contributed by atoms with van der Waals surface area (Å²) < 4.78 is 25.3. The van der Waals surface area contributed by atoms with Crippen molar-refractivity contribution in [3.8, 4) is 17.2 Å². The number of para-hydroxylation sites is 1. The van der Waals surface area contributed by atoms with Crippen molar-refractivity contribution >= 4 is 12.0 Å². The summed E-state index contributed by atoms with van der Waals surface area (Å²) in [5.41, 5.74) is 1.75. The van der Waals surface area contributed by atoms with E-state index in [1.807, 2.05) is 18.2 Å². The molecule has 0 spiro atoms. The van der Waals surface area contributed by atoms with Gasteiger partial charge in [-0.05, 0) is 54.8 Å². The van der Waals surface area contributed by atoms with E-state index >= 15 is 0 Å². The number of piperidine rings is 1. The number of hydrogen-bond donors (Lipinski definition) is 1. The summed E-state index contributed by atoms with van der Waals surface area (Å²) in [6, 6.07) is 16.2. The summed E-state index contributed by atoms with van der Waals surface area (Å²) in [6.45, 7) is 2.63. The fourth-order valence-corrected chi connectivity index (χ4v) is 3.97. The molecule has 1 aromatic heterocycles. The maximum Gasteiger partial charge on any atom is 0.244 e. The number of nitrogens with one attached hydrogen (secondary N) is 1. The van der Waals surface area contributed by atoms with Crippen LogP contribution in [0, 0.1) is 5.82 Å². The van der Waals surface area contributed by atoms with Crippen LogP contribution in [0.3, 0.4) is 0 Å². The van der Waals surface area contributed by atoms with Crippen molar-refractivity contribution in [2.45, 2.75) is 25.4 Å². The molecule has 1 amide bonds. The van der Waals surface area contributed by atoms with Gasteiger partial charge in [0.05, 0.1) is 13.3 Å². The Kier molecular flexibility index (Phi) is 7.88. The summed E-state index contributed by atoms with van der Waals surface area (Å²) >= 11 is 0. The number of likely N-dealkylation sites (tertiary alicyclic amines) is 1. The van der Waals surface area contributed by atoms with Gasteiger partial charge >= 0.3 is 0 Å². The number of aromatic nitrogens is 1. The molecule has 0 saturated carbocycles. The summed E-state index contributed by atoms with van der Waals surface area (Å²) in [4.78, 5) is 18.7. The number of nitrogens with zero attached hydrogens (tertiary/aromatic N) is 2. The lowest BCUT2D eigenvalue weighted by Gasteiger charge is -2.32. The van der Waals surface area contributed by atoms with Crippen molar-refractivity contribution < 1.29 is 18.7 Å². The summed E-state index contributed by atoms with van der Waals surface area (Å²) in [7, 11) is 1.69. The monoisotopic (exact) mass is 461 g/mol. The third-order valence-corrected chi connectivity index (χ3v) is 5.77. The molecular formula is C27H28FN3O3. The zero-order valence-electron chi connectivity index (χ0n) is 19.1. The summed E-state index contributed by atoms with van der Waals surface area (Å²) in [6.07, 6.45) is 7.93. The normalized spacial score (nSPS) is 14.8. The largest absolute Gasteiger partial charge is 0.496 e. The molecule has 1 saturated heterocycles. The second kappa shape index (κ2) is 11.4. The number of ether oxygens (including phenoxy) is 2. The van der Waals surface area contributed by atoms with Crippen LogP contribution in [0.2, 0.25) is 0 Å². The van der Waals surface area contributed by atoms with Crippen molar-refractivity contribution in [1.82, 2.24) is 15.2 Å². The third-order valence-electron chi connectivity index (χ3n) is 5.77. The smallest absolute Gasteiger partial charge is 0.244 e. The van der Waals surface area contributed by atoms with Gasteiger partial charge < -0.3 is 14.8 Å². The van der Waals surface area contributed by atoms with Gasteiger partial charge in [-0.3, -0.25) is 14.7 Å². The van der Waals surface area contributed by atoms with Crippen LogP contribution in [-0.2, 0) is 11.3 Å². The molecule has 34 heavy (non-hydrogen) atoms. The second-order valence-electron chi connectivity index (χ2n) is 8.18. The third kappa shape index (κ3) is 6.42. The molecule has 2 aromatic carbocycles. The topological polar surface area (TPSA) is 63.7 Å². The van der Waals surface area contributed by atoms with Crippen LogP contribution < -0.4 is 14.8 Å². The van der Waals surface area contributed by atoms with Crippen molar-refractivity contribution in [3.05, 3.63) is 90.0 Å². The van der Waals surface area contributed by atoms with Crippen LogP contribution in [0.4, 0.5) is 4.39 Å². The molecule has 176 valence electrons. The first-order chi connectivity index (χ1) is 16.6. The average molecular weight is 462 g/mol. The minimum atomic E-state index is -0.506. The molecule has 3 aromatic rings. The van der Waals surface area contributed by atoms with Crippen molar-refractivity contribution in [1.29, 1.82) is 0 Å². The predicted octanol–water partition coefficient (Wildman–Crippen LogP) is 4.82. The Morgan fingerprint density at radius 2 is 1.97 bits per heavy atom. The van der Waals surface area contributed by atoms with Gasteiger partial charge in [0.2, 0.25) is 5.91 Å². The Morgan fingerprint density at radius 1 is 1.15 bits per heavy atom. The Morgan fingerprint density at radius 3 is 2.71 bits per heavy atom. The van der Waals surface area contributed by atoms with Crippen LogP contribution in [0.1, 0.15) is 24.0 Å². The number of amides is 1. The highest BCUT2D eigenvalue weighted by Gasteiger charge is 2.21. The lowest BCUT2D eigenvalue weighted by molar-refractivity contribution is -0.117. The van der Waals surface area contributed by atoms with Gasteiger partial charge in [-0.2, -0.15) is 0 Å². The van der Waals surface area contributed by atoms with Crippen LogP contribution in [-0.4, -0.2) is 42.0 Å². The van der Waals surface area contributed by atoms with Crippen molar-refractivity contribution in [2.75, 3.05) is 20.2 Å². The highest BCUT2D eigenvalue weighted by atomic mass is 19.1. The molecule has 1 N–H and O–H groups in total. The first-order valence-corrected chi connectivity index (χ1v) is 11.3. The molecule has 0 aliphatic carbocycles. The van der Waals surface area contributed by atoms with E-state index in [1.165, 1.54) is 30.0 Å². The first-order valence-electron chi connectivity index (χ1n) is 11.3. The summed E-state index contributed by atoms with van der Waals surface area (Å²) in [5.74, 6) is 0.775. The number of carbonyl (C=O) groups excluding carboxylic acids is 1. The molecule has 2 heterocycles.